The van der Waals surface area contributed by atoms with Crippen LogP contribution in [0.2, 0.25) is 0 Å². The highest BCUT2D eigenvalue weighted by molar-refractivity contribution is 6.17. The van der Waals surface area contributed by atoms with Gasteiger partial charge in [-0.2, -0.15) is 0 Å². The highest BCUT2D eigenvalue weighted by Gasteiger charge is 2.39. The van der Waals surface area contributed by atoms with Crippen LogP contribution in [0.3, 0.4) is 0 Å². The quantitative estimate of drug-likeness (QED) is 0.830. The second kappa shape index (κ2) is 4.74. The molecule has 0 radical (unpaired) electrons. The minimum Gasteiger partial charge on any atom is -0.326 e. The van der Waals surface area contributed by atoms with Gasteiger partial charge in [-0.25, -0.2) is 9.29 Å². The first-order valence-corrected chi connectivity index (χ1v) is 6.18. The Morgan fingerprint density at radius 2 is 1.84 bits per heavy atom. The number of carbonyl (C=O) groups excluding carboxylic acids is 2. The summed E-state index contributed by atoms with van der Waals surface area (Å²) in [6.45, 7) is 3.92. The van der Waals surface area contributed by atoms with Crippen LogP contribution in [0.4, 0.5) is 10.1 Å². The first-order chi connectivity index (χ1) is 8.84. The van der Waals surface area contributed by atoms with Crippen LogP contribution in [-0.2, 0) is 16.1 Å². The van der Waals surface area contributed by atoms with E-state index in [0.717, 1.165) is 4.90 Å². The monoisotopic (exact) mass is 264 g/mol. The van der Waals surface area contributed by atoms with E-state index in [9.17, 15) is 14.0 Å². The molecular formula is C14H17FN2O2. The SMILES string of the molecule is CC1(C)CC(=O)N(c2ccc(CN)cc2F)C(=O)C1. The number of halogens is 1. The Labute approximate surface area is 111 Å². The van der Waals surface area contributed by atoms with Gasteiger partial charge in [0.25, 0.3) is 0 Å². The molecule has 0 unspecified atom stereocenters. The fraction of sp³-hybridized carbons (Fsp3) is 0.429. The van der Waals surface area contributed by atoms with Crippen LogP contribution in [0.5, 0.6) is 0 Å². The third-order valence-electron chi connectivity index (χ3n) is 3.25. The van der Waals surface area contributed by atoms with E-state index in [4.69, 9.17) is 5.73 Å². The zero-order valence-corrected chi connectivity index (χ0v) is 11.1. The Hall–Kier alpha value is -1.75. The first kappa shape index (κ1) is 13.7. The van der Waals surface area contributed by atoms with Crippen LogP contribution in [0.15, 0.2) is 18.2 Å². The smallest absolute Gasteiger partial charge is 0.234 e. The van der Waals surface area contributed by atoms with Crippen molar-refractivity contribution in [2.75, 3.05) is 4.90 Å². The molecule has 2 rings (SSSR count). The predicted molar refractivity (Wildman–Crippen MR) is 69.8 cm³/mol. The lowest BCUT2D eigenvalue weighted by Crippen LogP contribution is -2.46. The number of benzene rings is 1. The Morgan fingerprint density at radius 3 is 2.32 bits per heavy atom. The lowest BCUT2D eigenvalue weighted by molar-refractivity contribution is -0.132. The maximum Gasteiger partial charge on any atom is 0.234 e. The van der Waals surface area contributed by atoms with Gasteiger partial charge in [0.1, 0.15) is 5.82 Å². The molecule has 102 valence electrons. The molecule has 2 amide bonds. The summed E-state index contributed by atoms with van der Waals surface area (Å²) in [5.74, 6) is -1.31. The topological polar surface area (TPSA) is 63.4 Å². The fourth-order valence-electron chi connectivity index (χ4n) is 2.31. The minimum atomic E-state index is -0.593. The molecule has 0 spiro atoms. The maximum absolute atomic E-state index is 14.0. The van der Waals surface area contributed by atoms with E-state index >= 15 is 0 Å². The van der Waals surface area contributed by atoms with Crippen LogP contribution >= 0.6 is 0 Å². The molecule has 4 nitrogen and oxygen atoms in total. The maximum atomic E-state index is 14.0. The molecule has 0 aromatic heterocycles. The van der Waals surface area contributed by atoms with Gasteiger partial charge in [-0.3, -0.25) is 9.59 Å². The second-order valence-electron chi connectivity index (χ2n) is 5.63. The molecule has 0 aliphatic carbocycles. The minimum absolute atomic E-state index is 0.0164. The molecule has 1 aliphatic heterocycles. The van der Waals surface area contributed by atoms with Crippen molar-refractivity contribution < 1.29 is 14.0 Å². The molecule has 19 heavy (non-hydrogen) atoms. The molecule has 0 bridgehead atoms. The average molecular weight is 264 g/mol. The largest absolute Gasteiger partial charge is 0.326 e. The number of hydrogen-bond donors (Lipinski definition) is 1. The number of piperidine rings is 1. The number of carbonyl (C=O) groups is 2. The second-order valence-corrected chi connectivity index (χ2v) is 5.63. The zero-order chi connectivity index (χ0) is 14.2. The summed E-state index contributed by atoms with van der Waals surface area (Å²) in [7, 11) is 0. The van der Waals surface area contributed by atoms with Gasteiger partial charge in [-0.05, 0) is 23.1 Å². The van der Waals surface area contributed by atoms with Gasteiger partial charge in [0.2, 0.25) is 11.8 Å². The molecule has 1 saturated heterocycles. The summed E-state index contributed by atoms with van der Waals surface area (Å²) in [4.78, 5) is 25.0. The van der Waals surface area contributed by atoms with E-state index in [1.54, 1.807) is 6.07 Å². The van der Waals surface area contributed by atoms with Gasteiger partial charge < -0.3 is 5.73 Å². The lowest BCUT2D eigenvalue weighted by Gasteiger charge is -2.34. The number of hydrogen-bond acceptors (Lipinski definition) is 3. The lowest BCUT2D eigenvalue weighted by atomic mass is 9.81. The number of amides is 2. The Bertz CT molecular complexity index is 520. The van der Waals surface area contributed by atoms with E-state index in [-0.39, 0.29) is 42.3 Å². The standard InChI is InChI=1S/C14H17FN2O2/c1-14(2)6-12(18)17(13(19)7-14)11-4-3-9(8-16)5-10(11)15/h3-5H,6-8,16H2,1-2H3. The molecule has 1 aromatic rings. The number of anilines is 1. The average Bonchev–Trinajstić information content (AvgIpc) is 2.28. The molecule has 1 fully saturated rings. The number of rotatable bonds is 2. The Kier molecular flexibility index (Phi) is 3.41. The van der Waals surface area contributed by atoms with Crippen LogP contribution in [0, 0.1) is 11.2 Å². The van der Waals surface area contributed by atoms with Crippen LogP contribution < -0.4 is 10.6 Å². The fourth-order valence-corrected chi connectivity index (χ4v) is 2.31. The van der Waals surface area contributed by atoms with Crippen molar-refractivity contribution in [2.24, 2.45) is 11.1 Å². The molecule has 2 N–H and O–H groups in total. The van der Waals surface area contributed by atoms with Gasteiger partial charge in [0, 0.05) is 19.4 Å². The zero-order valence-electron chi connectivity index (χ0n) is 11.1. The van der Waals surface area contributed by atoms with E-state index in [0.29, 0.717) is 5.56 Å². The molecule has 1 aliphatic rings. The van der Waals surface area contributed by atoms with Crippen molar-refractivity contribution in [3.8, 4) is 0 Å². The summed E-state index contributed by atoms with van der Waals surface area (Å²) >= 11 is 0. The number of nitrogens with two attached hydrogens (primary N) is 1. The first-order valence-electron chi connectivity index (χ1n) is 6.18. The Morgan fingerprint density at radius 1 is 1.26 bits per heavy atom. The van der Waals surface area contributed by atoms with Gasteiger partial charge >= 0.3 is 0 Å². The molecule has 1 aromatic carbocycles. The molecular weight excluding hydrogens is 247 g/mol. The summed E-state index contributed by atoms with van der Waals surface area (Å²) in [5, 5.41) is 0. The van der Waals surface area contributed by atoms with Gasteiger partial charge in [0.15, 0.2) is 0 Å². The Balaban J connectivity index is 2.37. The normalized spacial score (nSPS) is 18.8. The van der Waals surface area contributed by atoms with E-state index in [1.807, 2.05) is 13.8 Å². The third-order valence-corrected chi connectivity index (χ3v) is 3.25. The van der Waals surface area contributed by atoms with Crippen LogP contribution in [0.1, 0.15) is 32.3 Å². The summed E-state index contributed by atoms with van der Waals surface area (Å²) in [6.07, 6.45) is 0.466. The third kappa shape index (κ3) is 2.66. The van der Waals surface area contributed by atoms with Crippen molar-refractivity contribution in [3.63, 3.8) is 0 Å². The molecule has 0 atom stereocenters. The summed E-state index contributed by atoms with van der Waals surface area (Å²) in [6, 6.07) is 4.32. The van der Waals surface area contributed by atoms with Gasteiger partial charge in [-0.1, -0.05) is 19.9 Å². The summed E-state index contributed by atoms with van der Waals surface area (Å²) in [5.41, 5.74) is 5.70. The highest BCUT2D eigenvalue weighted by Crippen LogP contribution is 2.34. The number of nitrogens with zero attached hydrogens (tertiary/aromatic N) is 1. The van der Waals surface area contributed by atoms with Crippen molar-refractivity contribution in [1.29, 1.82) is 0 Å². The molecule has 5 heteroatoms. The van der Waals surface area contributed by atoms with Crippen LogP contribution in [0.25, 0.3) is 0 Å². The van der Waals surface area contributed by atoms with E-state index in [2.05, 4.69) is 0 Å². The van der Waals surface area contributed by atoms with Gasteiger partial charge in [-0.15, -0.1) is 0 Å². The number of imide groups is 1. The van der Waals surface area contributed by atoms with Crippen LogP contribution in [-0.4, -0.2) is 11.8 Å². The van der Waals surface area contributed by atoms with E-state index in [1.165, 1.54) is 12.1 Å². The molecule has 1 heterocycles. The van der Waals surface area contributed by atoms with Crippen molar-refractivity contribution in [2.45, 2.75) is 33.2 Å². The van der Waals surface area contributed by atoms with Crippen molar-refractivity contribution >= 4 is 17.5 Å². The van der Waals surface area contributed by atoms with E-state index < -0.39 is 5.82 Å². The summed E-state index contributed by atoms with van der Waals surface area (Å²) < 4.78 is 14.0. The predicted octanol–water partition coefficient (Wildman–Crippen LogP) is 1.96. The van der Waals surface area contributed by atoms with Gasteiger partial charge in [0.05, 0.1) is 5.69 Å². The highest BCUT2D eigenvalue weighted by atomic mass is 19.1. The molecule has 0 saturated carbocycles. The van der Waals surface area contributed by atoms with Crippen molar-refractivity contribution in [3.05, 3.63) is 29.6 Å². The van der Waals surface area contributed by atoms with Crippen molar-refractivity contribution in [1.82, 2.24) is 0 Å².